The molecule has 2 saturated heterocycles. The summed E-state index contributed by atoms with van der Waals surface area (Å²) >= 11 is 0. The van der Waals surface area contributed by atoms with Gasteiger partial charge in [0.1, 0.15) is 5.82 Å². The van der Waals surface area contributed by atoms with Crippen LogP contribution in [-0.2, 0) is 0 Å². The molecule has 0 N–H and O–H groups in total. The molecule has 6 aliphatic rings. The summed E-state index contributed by atoms with van der Waals surface area (Å²) in [5.41, 5.74) is 2.05. The summed E-state index contributed by atoms with van der Waals surface area (Å²) in [6, 6.07) is 14.7. The molecule has 0 radical (unpaired) electrons. The van der Waals surface area contributed by atoms with Gasteiger partial charge in [-0.3, -0.25) is 4.79 Å². The maximum absolute atomic E-state index is 13.3. The number of carbonyl (C=O) groups is 1. The van der Waals surface area contributed by atoms with Gasteiger partial charge in [-0.05, 0) is 79.0 Å². The Morgan fingerprint density at radius 3 is 2.03 bits per heavy atom. The van der Waals surface area contributed by atoms with Crippen molar-refractivity contribution in [1.82, 2.24) is 9.88 Å². The van der Waals surface area contributed by atoms with Gasteiger partial charge in [-0.2, -0.15) is 0 Å². The van der Waals surface area contributed by atoms with Crippen molar-refractivity contribution >= 4 is 17.4 Å². The SMILES string of the molecule is O=C(c1ccc(N2CCN(c3ccccc3)CC2)nc1)N1CC2C3CCC(C4CC34)C2C1. The lowest BCUT2D eigenvalue weighted by atomic mass is 9.60. The summed E-state index contributed by atoms with van der Waals surface area (Å²) in [4.78, 5) is 24.9. The molecule has 166 valence electrons. The summed E-state index contributed by atoms with van der Waals surface area (Å²) < 4.78 is 0. The molecule has 1 aromatic heterocycles. The summed E-state index contributed by atoms with van der Waals surface area (Å²) in [5, 5.41) is 0. The number of rotatable bonds is 3. The van der Waals surface area contributed by atoms with Gasteiger partial charge in [0.25, 0.3) is 5.91 Å². The predicted molar refractivity (Wildman–Crippen MR) is 126 cm³/mol. The zero-order valence-electron chi connectivity index (χ0n) is 18.6. The molecule has 6 fully saturated rings. The van der Waals surface area contributed by atoms with Crippen LogP contribution < -0.4 is 9.80 Å². The van der Waals surface area contributed by atoms with Crippen molar-refractivity contribution in [3.05, 3.63) is 54.2 Å². The molecule has 8 rings (SSSR count). The number of likely N-dealkylation sites (tertiary alicyclic amines) is 1. The first-order valence-corrected chi connectivity index (χ1v) is 12.6. The average Bonchev–Trinajstić information content (AvgIpc) is 3.56. The lowest BCUT2D eigenvalue weighted by Crippen LogP contribution is -2.46. The Bertz CT molecular complexity index is 976. The zero-order chi connectivity index (χ0) is 21.2. The fourth-order valence-corrected chi connectivity index (χ4v) is 7.74. The number of pyridine rings is 1. The average molecular weight is 429 g/mol. The first-order chi connectivity index (χ1) is 15.8. The Morgan fingerprint density at radius 2 is 1.41 bits per heavy atom. The van der Waals surface area contributed by atoms with E-state index in [1.54, 1.807) is 0 Å². The molecular formula is C27H32N4O. The molecule has 6 atom stereocenters. The number of piperazine rings is 1. The molecule has 3 heterocycles. The summed E-state index contributed by atoms with van der Waals surface area (Å²) in [6.07, 6.45) is 6.14. The number of para-hydroxylation sites is 1. The molecule has 4 saturated carbocycles. The van der Waals surface area contributed by atoms with Crippen molar-refractivity contribution in [1.29, 1.82) is 0 Å². The van der Waals surface area contributed by atoms with E-state index in [-0.39, 0.29) is 5.91 Å². The van der Waals surface area contributed by atoms with Crippen molar-refractivity contribution in [3.8, 4) is 0 Å². The van der Waals surface area contributed by atoms with E-state index in [4.69, 9.17) is 4.98 Å². The van der Waals surface area contributed by atoms with Gasteiger partial charge in [0, 0.05) is 51.2 Å². The third-order valence-corrected chi connectivity index (χ3v) is 9.34. The Balaban J connectivity index is 0.996. The van der Waals surface area contributed by atoms with Crippen LogP contribution in [0.5, 0.6) is 0 Å². The first kappa shape index (κ1) is 19.0. The van der Waals surface area contributed by atoms with Gasteiger partial charge in [0.05, 0.1) is 5.56 Å². The second-order valence-electron chi connectivity index (χ2n) is 10.7. The molecule has 32 heavy (non-hydrogen) atoms. The summed E-state index contributed by atoms with van der Waals surface area (Å²) in [6.45, 7) is 5.86. The van der Waals surface area contributed by atoms with Gasteiger partial charge in [0.15, 0.2) is 0 Å². The quantitative estimate of drug-likeness (QED) is 0.746. The second-order valence-corrected chi connectivity index (χ2v) is 10.7. The molecule has 1 aromatic carbocycles. The number of fused-ring (bicyclic) bond motifs is 1. The standard InChI is InChI=1S/C27H32N4O/c32-27(31-16-24-20-7-8-21(25(24)17-31)23-14-22(20)23)18-6-9-26(28-15-18)30-12-10-29(11-13-30)19-4-2-1-3-5-19/h1-6,9,15,20-25H,7-8,10-14,16-17H2. The van der Waals surface area contributed by atoms with E-state index in [9.17, 15) is 4.79 Å². The Labute approximate surface area is 190 Å². The molecule has 2 bridgehead atoms. The van der Waals surface area contributed by atoms with Crippen LogP contribution in [0.15, 0.2) is 48.7 Å². The maximum atomic E-state index is 13.3. The van der Waals surface area contributed by atoms with Crippen molar-refractivity contribution < 1.29 is 4.79 Å². The number of carbonyl (C=O) groups excluding carboxylic acids is 1. The molecule has 5 heteroatoms. The number of nitrogens with zero attached hydrogens (tertiary/aromatic N) is 4. The highest BCUT2D eigenvalue weighted by molar-refractivity contribution is 5.94. The monoisotopic (exact) mass is 428 g/mol. The van der Waals surface area contributed by atoms with Gasteiger partial charge in [-0.15, -0.1) is 0 Å². The molecule has 6 unspecified atom stereocenters. The molecule has 5 nitrogen and oxygen atoms in total. The molecule has 1 amide bonds. The largest absolute Gasteiger partial charge is 0.368 e. The van der Waals surface area contributed by atoms with Gasteiger partial charge in [-0.25, -0.2) is 4.98 Å². The molecule has 0 spiro atoms. The van der Waals surface area contributed by atoms with Crippen LogP contribution in [-0.4, -0.2) is 55.1 Å². The number of amides is 1. The minimum absolute atomic E-state index is 0.195. The van der Waals surface area contributed by atoms with Gasteiger partial charge in [-0.1, -0.05) is 18.2 Å². The first-order valence-electron chi connectivity index (χ1n) is 12.6. The van der Waals surface area contributed by atoms with Crippen molar-refractivity contribution in [2.24, 2.45) is 35.5 Å². The Kier molecular flexibility index (Phi) is 4.28. The second kappa shape index (κ2) is 7.23. The van der Waals surface area contributed by atoms with E-state index in [1.165, 1.54) is 24.9 Å². The molecule has 2 aromatic rings. The maximum Gasteiger partial charge on any atom is 0.255 e. The molecule has 4 aliphatic carbocycles. The lowest BCUT2D eigenvalue weighted by Gasteiger charge is -2.44. The fraction of sp³-hybridized carbons (Fsp3) is 0.556. The van der Waals surface area contributed by atoms with Crippen LogP contribution >= 0.6 is 0 Å². The van der Waals surface area contributed by atoms with E-state index in [0.717, 1.165) is 86.2 Å². The number of anilines is 2. The lowest BCUT2D eigenvalue weighted by molar-refractivity contribution is 0.0464. The van der Waals surface area contributed by atoms with Crippen LogP contribution in [0, 0.1) is 35.5 Å². The van der Waals surface area contributed by atoms with E-state index in [0.29, 0.717) is 0 Å². The Hall–Kier alpha value is -2.56. The zero-order valence-corrected chi connectivity index (χ0v) is 18.6. The minimum Gasteiger partial charge on any atom is -0.368 e. The number of aromatic nitrogens is 1. The van der Waals surface area contributed by atoms with E-state index in [1.807, 2.05) is 18.3 Å². The van der Waals surface area contributed by atoms with Crippen molar-refractivity contribution in [2.75, 3.05) is 49.1 Å². The van der Waals surface area contributed by atoms with Crippen molar-refractivity contribution in [2.45, 2.75) is 19.3 Å². The van der Waals surface area contributed by atoms with Crippen LogP contribution in [0.2, 0.25) is 0 Å². The number of hydrogen-bond acceptors (Lipinski definition) is 4. The highest BCUT2D eigenvalue weighted by Crippen LogP contribution is 2.67. The third-order valence-electron chi connectivity index (χ3n) is 9.34. The van der Waals surface area contributed by atoms with Gasteiger partial charge in [0.2, 0.25) is 0 Å². The van der Waals surface area contributed by atoms with Crippen LogP contribution in [0.4, 0.5) is 11.5 Å². The van der Waals surface area contributed by atoms with E-state index < -0.39 is 0 Å². The number of benzene rings is 1. The summed E-state index contributed by atoms with van der Waals surface area (Å²) in [5.74, 6) is 6.56. The number of hydrogen-bond donors (Lipinski definition) is 0. The van der Waals surface area contributed by atoms with Gasteiger partial charge < -0.3 is 14.7 Å². The molecule has 2 aliphatic heterocycles. The highest BCUT2D eigenvalue weighted by Gasteiger charge is 2.63. The van der Waals surface area contributed by atoms with Crippen LogP contribution in [0.25, 0.3) is 0 Å². The fourth-order valence-electron chi connectivity index (χ4n) is 7.74. The highest BCUT2D eigenvalue weighted by atomic mass is 16.2. The molecular weight excluding hydrogens is 396 g/mol. The summed E-state index contributed by atoms with van der Waals surface area (Å²) in [7, 11) is 0. The normalized spacial score (nSPS) is 34.9. The Morgan fingerprint density at radius 1 is 0.750 bits per heavy atom. The minimum atomic E-state index is 0.195. The third kappa shape index (κ3) is 2.96. The van der Waals surface area contributed by atoms with Crippen LogP contribution in [0.3, 0.4) is 0 Å². The topological polar surface area (TPSA) is 39.7 Å². The van der Waals surface area contributed by atoms with Gasteiger partial charge >= 0.3 is 0 Å². The van der Waals surface area contributed by atoms with E-state index in [2.05, 4.69) is 45.0 Å². The van der Waals surface area contributed by atoms with Crippen molar-refractivity contribution in [3.63, 3.8) is 0 Å². The predicted octanol–water partition coefficient (Wildman–Crippen LogP) is 3.77. The van der Waals surface area contributed by atoms with Crippen LogP contribution in [0.1, 0.15) is 29.6 Å². The smallest absolute Gasteiger partial charge is 0.255 e. The van der Waals surface area contributed by atoms with E-state index >= 15 is 0 Å².